The molecule has 0 saturated heterocycles. The number of aryl methyl sites for hydroxylation is 4. The number of halogens is 1. The fraction of sp³-hybridized carbons (Fsp3) is 0.533. The van der Waals surface area contributed by atoms with Crippen molar-refractivity contribution >= 4 is 11.6 Å². The minimum absolute atomic E-state index is 0.192. The van der Waals surface area contributed by atoms with Gasteiger partial charge in [-0.2, -0.15) is 5.10 Å². The average molecular weight is 296 g/mol. The van der Waals surface area contributed by atoms with E-state index < -0.39 is 0 Å². The molecular formula is C15H22ClN3O. The molecule has 2 aromatic heterocycles. The van der Waals surface area contributed by atoms with E-state index in [1.807, 2.05) is 27.8 Å². The first-order valence-corrected chi connectivity index (χ1v) is 7.30. The van der Waals surface area contributed by atoms with Crippen molar-refractivity contribution in [3.63, 3.8) is 0 Å². The van der Waals surface area contributed by atoms with E-state index in [1.54, 1.807) is 4.68 Å². The molecule has 110 valence electrons. The quantitative estimate of drug-likeness (QED) is 0.918. The van der Waals surface area contributed by atoms with Crippen LogP contribution in [0.25, 0.3) is 0 Å². The van der Waals surface area contributed by atoms with Crippen molar-refractivity contribution in [2.24, 2.45) is 7.05 Å². The van der Waals surface area contributed by atoms with E-state index in [0.717, 1.165) is 35.7 Å². The van der Waals surface area contributed by atoms with Gasteiger partial charge in [-0.05, 0) is 39.8 Å². The molecular weight excluding hydrogens is 274 g/mol. The van der Waals surface area contributed by atoms with Crippen LogP contribution in [0, 0.1) is 20.8 Å². The van der Waals surface area contributed by atoms with Crippen molar-refractivity contribution in [2.75, 3.05) is 6.54 Å². The largest absolute Gasteiger partial charge is 0.466 e. The number of nitrogens with one attached hydrogen (secondary N) is 1. The van der Waals surface area contributed by atoms with Gasteiger partial charge in [-0.1, -0.05) is 18.5 Å². The minimum atomic E-state index is 0.192. The van der Waals surface area contributed by atoms with E-state index in [4.69, 9.17) is 16.0 Å². The minimum Gasteiger partial charge on any atom is -0.466 e. The normalized spacial score (nSPS) is 12.9. The molecule has 0 aliphatic heterocycles. The molecule has 0 fully saturated rings. The molecule has 20 heavy (non-hydrogen) atoms. The zero-order valence-electron chi connectivity index (χ0n) is 12.7. The van der Waals surface area contributed by atoms with Crippen LogP contribution in [0.2, 0.25) is 5.15 Å². The van der Waals surface area contributed by atoms with E-state index in [1.165, 1.54) is 5.56 Å². The number of aromatic nitrogens is 2. The SMILES string of the molecule is CCNC(Cc1c(C)nn(C)c1Cl)c1cc(C)oc1C. The highest BCUT2D eigenvalue weighted by atomic mass is 35.5. The van der Waals surface area contributed by atoms with Crippen LogP contribution in [0.3, 0.4) is 0 Å². The second-order valence-corrected chi connectivity index (χ2v) is 5.52. The molecule has 0 aliphatic rings. The first-order valence-electron chi connectivity index (χ1n) is 6.92. The number of nitrogens with zero attached hydrogens (tertiary/aromatic N) is 2. The van der Waals surface area contributed by atoms with E-state index in [9.17, 15) is 0 Å². The van der Waals surface area contributed by atoms with Crippen LogP contribution < -0.4 is 5.32 Å². The molecule has 0 saturated carbocycles. The highest BCUT2D eigenvalue weighted by Crippen LogP contribution is 2.28. The van der Waals surface area contributed by atoms with Crippen molar-refractivity contribution in [2.45, 2.75) is 40.2 Å². The Hall–Kier alpha value is -1.26. The molecule has 0 aromatic carbocycles. The van der Waals surface area contributed by atoms with Crippen LogP contribution in [0.15, 0.2) is 10.5 Å². The Morgan fingerprint density at radius 2 is 2.10 bits per heavy atom. The second kappa shape index (κ2) is 6.02. The Morgan fingerprint density at radius 1 is 1.40 bits per heavy atom. The summed E-state index contributed by atoms with van der Waals surface area (Å²) in [5.74, 6) is 1.90. The first kappa shape index (κ1) is 15.1. The molecule has 0 bridgehead atoms. The van der Waals surface area contributed by atoms with Gasteiger partial charge in [0.15, 0.2) is 0 Å². The number of likely N-dealkylation sites (N-methyl/N-ethyl adjacent to an activating group) is 1. The fourth-order valence-corrected chi connectivity index (χ4v) is 2.90. The molecule has 4 nitrogen and oxygen atoms in total. The van der Waals surface area contributed by atoms with Gasteiger partial charge in [-0.3, -0.25) is 4.68 Å². The lowest BCUT2D eigenvalue weighted by molar-refractivity contribution is 0.484. The smallest absolute Gasteiger partial charge is 0.130 e. The molecule has 5 heteroatoms. The van der Waals surface area contributed by atoms with Gasteiger partial charge in [0.25, 0.3) is 0 Å². The molecule has 0 amide bonds. The summed E-state index contributed by atoms with van der Waals surface area (Å²) >= 11 is 6.34. The maximum absolute atomic E-state index is 6.34. The van der Waals surface area contributed by atoms with Crippen LogP contribution >= 0.6 is 11.6 Å². The number of hydrogen-bond acceptors (Lipinski definition) is 3. The molecule has 1 unspecified atom stereocenters. The van der Waals surface area contributed by atoms with Gasteiger partial charge in [0.1, 0.15) is 16.7 Å². The van der Waals surface area contributed by atoms with Crippen LogP contribution in [0.1, 0.15) is 41.3 Å². The molecule has 1 atom stereocenters. The van der Waals surface area contributed by atoms with Gasteiger partial charge in [0, 0.05) is 24.2 Å². The van der Waals surface area contributed by atoms with Gasteiger partial charge < -0.3 is 9.73 Å². The van der Waals surface area contributed by atoms with Crippen LogP contribution in [0.4, 0.5) is 0 Å². The summed E-state index contributed by atoms with van der Waals surface area (Å²) in [5.41, 5.74) is 3.28. The summed E-state index contributed by atoms with van der Waals surface area (Å²) in [7, 11) is 1.87. The Morgan fingerprint density at radius 3 is 2.55 bits per heavy atom. The number of hydrogen-bond donors (Lipinski definition) is 1. The highest BCUT2D eigenvalue weighted by Gasteiger charge is 2.21. The van der Waals surface area contributed by atoms with Crippen LogP contribution in [-0.2, 0) is 13.5 Å². The molecule has 2 rings (SSSR count). The van der Waals surface area contributed by atoms with Gasteiger partial charge in [-0.15, -0.1) is 0 Å². The maximum Gasteiger partial charge on any atom is 0.130 e. The van der Waals surface area contributed by atoms with Gasteiger partial charge in [0.05, 0.1) is 5.69 Å². The third-order valence-electron chi connectivity index (χ3n) is 3.58. The molecule has 2 heterocycles. The van der Waals surface area contributed by atoms with Crippen molar-refractivity contribution in [3.8, 4) is 0 Å². The number of furan rings is 1. The van der Waals surface area contributed by atoms with Crippen molar-refractivity contribution < 1.29 is 4.42 Å². The third kappa shape index (κ3) is 2.91. The predicted molar refractivity (Wildman–Crippen MR) is 81.3 cm³/mol. The topological polar surface area (TPSA) is 43.0 Å². The molecule has 1 N–H and O–H groups in total. The summed E-state index contributed by atoms with van der Waals surface area (Å²) in [6, 6.07) is 2.29. The molecule has 0 radical (unpaired) electrons. The third-order valence-corrected chi connectivity index (χ3v) is 4.06. The fourth-order valence-electron chi connectivity index (χ4n) is 2.64. The Balaban J connectivity index is 2.32. The second-order valence-electron chi connectivity index (χ2n) is 5.16. The Labute approximate surface area is 125 Å². The molecule has 0 spiro atoms. The highest BCUT2D eigenvalue weighted by molar-refractivity contribution is 6.30. The zero-order chi connectivity index (χ0) is 14.9. The lowest BCUT2D eigenvalue weighted by atomic mass is 9.99. The molecule has 2 aromatic rings. The zero-order valence-corrected chi connectivity index (χ0v) is 13.5. The number of rotatable bonds is 5. The standard InChI is InChI=1S/C15H22ClN3O/c1-6-17-14(13-7-9(2)20-11(13)4)8-12-10(3)18-19(5)15(12)16/h7,14,17H,6,8H2,1-5H3. The van der Waals surface area contributed by atoms with Crippen LogP contribution in [-0.4, -0.2) is 16.3 Å². The van der Waals surface area contributed by atoms with Gasteiger partial charge in [-0.25, -0.2) is 0 Å². The van der Waals surface area contributed by atoms with Crippen molar-refractivity contribution in [1.82, 2.24) is 15.1 Å². The van der Waals surface area contributed by atoms with E-state index in [0.29, 0.717) is 5.15 Å². The predicted octanol–water partition coefficient (Wildman–Crippen LogP) is 3.49. The van der Waals surface area contributed by atoms with E-state index >= 15 is 0 Å². The first-order chi connectivity index (χ1) is 9.43. The van der Waals surface area contributed by atoms with Gasteiger partial charge in [0.2, 0.25) is 0 Å². The van der Waals surface area contributed by atoms with E-state index in [-0.39, 0.29) is 6.04 Å². The summed E-state index contributed by atoms with van der Waals surface area (Å²) in [6.07, 6.45) is 0.812. The summed E-state index contributed by atoms with van der Waals surface area (Å²) < 4.78 is 7.38. The maximum atomic E-state index is 6.34. The average Bonchev–Trinajstić information content (AvgIpc) is 2.82. The summed E-state index contributed by atoms with van der Waals surface area (Å²) in [5, 5.41) is 8.60. The van der Waals surface area contributed by atoms with Crippen LogP contribution in [0.5, 0.6) is 0 Å². The Kier molecular flexibility index (Phi) is 4.55. The summed E-state index contributed by atoms with van der Waals surface area (Å²) in [4.78, 5) is 0. The monoisotopic (exact) mass is 295 g/mol. The lowest BCUT2D eigenvalue weighted by Crippen LogP contribution is -2.23. The lowest BCUT2D eigenvalue weighted by Gasteiger charge is -2.17. The Bertz CT molecular complexity index is 601. The van der Waals surface area contributed by atoms with Crippen molar-refractivity contribution in [1.29, 1.82) is 0 Å². The van der Waals surface area contributed by atoms with E-state index in [2.05, 4.69) is 23.4 Å². The van der Waals surface area contributed by atoms with Gasteiger partial charge >= 0.3 is 0 Å². The molecule has 0 aliphatic carbocycles. The summed E-state index contributed by atoms with van der Waals surface area (Å²) in [6.45, 7) is 8.97. The van der Waals surface area contributed by atoms with Crippen molar-refractivity contribution in [3.05, 3.63) is 39.6 Å².